The molecule has 0 radical (unpaired) electrons. The second-order valence-corrected chi connectivity index (χ2v) is 7.47. The summed E-state index contributed by atoms with van der Waals surface area (Å²) >= 11 is 6.24. The Hall–Kier alpha value is -2.46. The quantitative estimate of drug-likeness (QED) is 0.568. The zero-order chi connectivity index (χ0) is 19.0. The number of nitrogens with zero attached hydrogens (tertiary/aromatic N) is 2. The van der Waals surface area contributed by atoms with Gasteiger partial charge < -0.3 is 4.90 Å². The Labute approximate surface area is 162 Å². The Balaban J connectivity index is 1.68. The van der Waals surface area contributed by atoms with Gasteiger partial charge in [-0.25, -0.2) is 4.39 Å². The maximum Gasteiger partial charge on any atom is 0.254 e. The number of piperidine rings is 1. The number of halogens is 2. The Bertz CT molecular complexity index is 1020. The van der Waals surface area contributed by atoms with Crippen molar-refractivity contribution in [2.75, 3.05) is 6.54 Å². The van der Waals surface area contributed by atoms with Crippen LogP contribution in [0.25, 0.3) is 22.0 Å². The standard InChI is InChI=1S/C22H20ClFN2O/c1-14-4-2-3-11-26(14)22(27)16-5-7-17(20(24)13-16)15-6-8-21-18(12-15)19(23)9-10-25-21/h5-10,12-14H,2-4,11H2,1H3. The van der Waals surface area contributed by atoms with Gasteiger partial charge in [0.2, 0.25) is 0 Å². The van der Waals surface area contributed by atoms with Crippen molar-refractivity contribution in [3.63, 3.8) is 0 Å². The van der Waals surface area contributed by atoms with E-state index in [9.17, 15) is 9.18 Å². The highest BCUT2D eigenvalue weighted by molar-refractivity contribution is 6.35. The summed E-state index contributed by atoms with van der Waals surface area (Å²) in [6.45, 7) is 2.79. The SMILES string of the molecule is CC1CCCCN1C(=O)c1ccc(-c2ccc3nccc(Cl)c3c2)c(F)c1. The van der Waals surface area contributed by atoms with Crippen LogP contribution in [0.1, 0.15) is 36.5 Å². The summed E-state index contributed by atoms with van der Waals surface area (Å²) in [5.41, 5.74) is 2.31. The van der Waals surface area contributed by atoms with E-state index in [1.807, 2.05) is 23.1 Å². The normalized spacial score (nSPS) is 17.3. The first-order valence-electron chi connectivity index (χ1n) is 9.20. The lowest BCUT2D eigenvalue weighted by Crippen LogP contribution is -2.42. The van der Waals surface area contributed by atoms with E-state index in [2.05, 4.69) is 11.9 Å². The lowest BCUT2D eigenvalue weighted by atomic mass is 9.99. The van der Waals surface area contributed by atoms with E-state index in [-0.39, 0.29) is 11.9 Å². The fourth-order valence-electron chi connectivity index (χ4n) is 3.73. The number of fused-ring (bicyclic) bond motifs is 1. The molecule has 2 aromatic carbocycles. The number of hydrogen-bond acceptors (Lipinski definition) is 2. The predicted octanol–water partition coefficient (Wildman–Crippen LogP) is 5.71. The molecule has 0 saturated carbocycles. The molecule has 1 atom stereocenters. The average molecular weight is 383 g/mol. The van der Waals surface area contributed by atoms with Crippen molar-refractivity contribution < 1.29 is 9.18 Å². The molecule has 0 N–H and O–H groups in total. The molecule has 0 spiro atoms. The van der Waals surface area contributed by atoms with Crippen LogP contribution in [-0.4, -0.2) is 28.4 Å². The monoisotopic (exact) mass is 382 g/mol. The summed E-state index contributed by atoms with van der Waals surface area (Å²) in [6, 6.07) is 12.1. The minimum absolute atomic E-state index is 0.0987. The van der Waals surface area contributed by atoms with Crippen LogP contribution in [-0.2, 0) is 0 Å². The van der Waals surface area contributed by atoms with Gasteiger partial charge in [0.05, 0.1) is 10.5 Å². The fourth-order valence-corrected chi connectivity index (χ4v) is 3.94. The summed E-state index contributed by atoms with van der Waals surface area (Å²) in [7, 11) is 0. The lowest BCUT2D eigenvalue weighted by molar-refractivity contribution is 0.0635. The highest BCUT2D eigenvalue weighted by Crippen LogP contribution is 2.30. The van der Waals surface area contributed by atoms with Crippen molar-refractivity contribution >= 4 is 28.4 Å². The van der Waals surface area contributed by atoms with E-state index in [0.29, 0.717) is 21.7 Å². The summed E-state index contributed by atoms with van der Waals surface area (Å²) in [6.07, 6.45) is 4.78. The molecule has 1 aromatic heterocycles. The maximum atomic E-state index is 14.8. The van der Waals surface area contributed by atoms with Crippen molar-refractivity contribution in [2.45, 2.75) is 32.2 Å². The minimum atomic E-state index is -0.412. The predicted molar refractivity (Wildman–Crippen MR) is 106 cm³/mol. The van der Waals surface area contributed by atoms with Gasteiger partial charge in [0, 0.05) is 35.3 Å². The molecule has 2 heterocycles. The van der Waals surface area contributed by atoms with Crippen LogP contribution in [0.4, 0.5) is 4.39 Å². The molecule has 0 aliphatic carbocycles. The van der Waals surface area contributed by atoms with Gasteiger partial charge in [0.25, 0.3) is 5.91 Å². The topological polar surface area (TPSA) is 33.2 Å². The van der Waals surface area contributed by atoms with Gasteiger partial charge in [-0.05, 0) is 62.1 Å². The van der Waals surface area contributed by atoms with Gasteiger partial charge in [-0.2, -0.15) is 0 Å². The Morgan fingerprint density at radius 3 is 2.81 bits per heavy atom. The lowest BCUT2D eigenvalue weighted by Gasteiger charge is -2.33. The number of pyridine rings is 1. The number of aromatic nitrogens is 1. The number of carbonyl (C=O) groups excluding carboxylic acids is 1. The zero-order valence-corrected chi connectivity index (χ0v) is 15.8. The van der Waals surface area contributed by atoms with E-state index in [4.69, 9.17) is 11.6 Å². The minimum Gasteiger partial charge on any atom is -0.336 e. The first-order valence-corrected chi connectivity index (χ1v) is 9.57. The van der Waals surface area contributed by atoms with E-state index in [0.717, 1.165) is 36.7 Å². The summed E-state index contributed by atoms with van der Waals surface area (Å²) < 4.78 is 14.8. The molecule has 4 rings (SSSR count). The van der Waals surface area contributed by atoms with Crippen LogP contribution in [0.5, 0.6) is 0 Å². The van der Waals surface area contributed by atoms with Crippen LogP contribution in [0, 0.1) is 5.82 Å². The smallest absolute Gasteiger partial charge is 0.254 e. The highest BCUT2D eigenvalue weighted by Gasteiger charge is 2.24. The molecule has 27 heavy (non-hydrogen) atoms. The van der Waals surface area contributed by atoms with Crippen LogP contribution >= 0.6 is 11.6 Å². The second-order valence-electron chi connectivity index (χ2n) is 7.06. The molecule has 1 saturated heterocycles. The van der Waals surface area contributed by atoms with Crippen molar-refractivity contribution in [2.24, 2.45) is 0 Å². The Morgan fingerprint density at radius 1 is 1.19 bits per heavy atom. The third kappa shape index (κ3) is 3.42. The first-order chi connectivity index (χ1) is 13.0. The van der Waals surface area contributed by atoms with E-state index in [1.165, 1.54) is 6.07 Å². The van der Waals surface area contributed by atoms with E-state index >= 15 is 0 Å². The number of benzene rings is 2. The molecule has 3 aromatic rings. The van der Waals surface area contributed by atoms with Crippen molar-refractivity contribution in [1.82, 2.24) is 9.88 Å². The molecule has 138 valence electrons. The van der Waals surface area contributed by atoms with Crippen molar-refractivity contribution in [1.29, 1.82) is 0 Å². The number of likely N-dealkylation sites (tertiary alicyclic amines) is 1. The summed E-state index contributed by atoms with van der Waals surface area (Å²) in [5, 5.41) is 1.35. The average Bonchev–Trinajstić information content (AvgIpc) is 2.68. The number of rotatable bonds is 2. The summed E-state index contributed by atoms with van der Waals surface area (Å²) in [5.74, 6) is -0.511. The number of hydrogen-bond donors (Lipinski definition) is 0. The molecular formula is C22H20ClFN2O. The Morgan fingerprint density at radius 2 is 2.04 bits per heavy atom. The maximum absolute atomic E-state index is 14.8. The second kappa shape index (κ2) is 7.28. The van der Waals surface area contributed by atoms with Crippen LogP contribution in [0.2, 0.25) is 5.02 Å². The number of carbonyl (C=O) groups is 1. The Kier molecular flexibility index (Phi) is 4.83. The molecular weight excluding hydrogens is 363 g/mol. The largest absolute Gasteiger partial charge is 0.336 e. The van der Waals surface area contributed by atoms with E-state index < -0.39 is 5.82 Å². The molecule has 1 unspecified atom stereocenters. The van der Waals surface area contributed by atoms with E-state index in [1.54, 1.807) is 24.4 Å². The van der Waals surface area contributed by atoms with Crippen molar-refractivity contribution in [3.05, 3.63) is 65.1 Å². The third-order valence-electron chi connectivity index (χ3n) is 5.28. The molecule has 1 fully saturated rings. The van der Waals surface area contributed by atoms with Crippen LogP contribution in [0.3, 0.4) is 0 Å². The molecule has 5 heteroatoms. The highest BCUT2D eigenvalue weighted by atomic mass is 35.5. The molecule has 1 aliphatic rings. The molecule has 1 aliphatic heterocycles. The number of amides is 1. The summed E-state index contributed by atoms with van der Waals surface area (Å²) in [4.78, 5) is 18.9. The van der Waals surface area contributed by atoms with Gasteiger partial charge >= 0.3 is 0 Å². The van der Waals surface area contributed by atoms with Gasteiger partial charge in [-0.3, -0.25) is 9.78 Å². The van der Waals surface area contributed by atoms with Crippen LogP contribution in [0.15, 0.2) is 48.7 Å². The molecule has 1 amide bonds. The first kappa shape index (κ1) is 17.9. The van der Waals surface area contributed by atoms with Gasteiger partial charge in [-0.1, -0.05) is 23.7 Å². The van der Waals surface area contributed by atoms with Gasteiger partial charge in [0.15, 0.2) is 0 Å². The third-order valence-corrected chi connectivity index (χ3v) is 5.61. The molecule has 0 bridgehead atoms. The zero-order valence-electron chi connectivity index (χ0n) is 15.1. The fraction of sp³-hybridized carbons (Fsp3) is 0.273. The molecule has 3 nitrogen and oxygen atoms in total. The van der Waals surface area contributed by atoms with Gasteiger partial charge in [-0.15, -0.1) is 0 Å². The van der Waals surface area contributed by atoms with Crippen molar-refractivity contribution in [3.8, 4) is 11.1 Å². The van der Waals surface area contributed by atoms with Crippen LogP contribution < -0.4 is 0 Å². The van der Waals surface area contributed by atoms with Gasteiger partial charge in [0.1, 0.15) is 5.82 Å².